The van der Waals surface area contributed by atoms with Crippen LogP contribution in [0.2, 0.25) is 0 Å². The van der Waals surface area contributed by atoms with E-state index in [1.54, 1.807) is 6.07 Å². The molecular weight excluding hydrogens is 413 g/mol. The Kier molecular flexibility index (Phi) is 4.80. The highest BCUT2D eigenvalue weighted by molar-refractivity contribution is 5.87. The van der Waals surface area contributed by atoms with Gasteiger partial charge in [-0.3, -0.25) is 0 Å². The molecule has 2 aliphatic rings. The van der Waals surface area contributed by atoms with Gasteiger partial charge in [0.1, 0.15) is 17.2 Å². The van der Waals surface area contributed by atoms with Crippen molar-refractivity contribution >= 4 is 22.2 Å². The number of pyridine rings is 1. The number of aromatic nitrogens is 3. The highest BCUT2D eigenvalue weighted by Gasteiger charge is 2.26. The molecule has 2 fully saturated rings. The van der Waals surface area contributed by atoms with Crippen molar-refractivity contribution in [2.75, 3.05) is 13.1 Å². The minimum Gasteiger partial charge on any atom is -0.370 e. The first kappa shape index (κ1) is 20.5. The molecule has 1 aromatic carbocycles. The van der Waals surface area contributed by atoms with Crippen molar-refractivity contribution in [1.29, 1.82) is 0 Å². The average molecular weight is 444 g/mol. The number of piperidine rings is 1. The van der Waals surface area contributed by atoms with Crippen LogP contribution in [0.5, 0.6) is 0 Å². The second-order valence-corrected chi connectivity index (χ2v) is 9.77. The van der Waals surface area contributed by atoms with Gasteiger partial charge in [-0.15, -0.1) is 0 Å². The lowest BCUT2D eigenvalue weighted by atomic mass is 10.0. The van der Waals surface area contributed by atoms with E-state index in [0.717, 1.165) is 77.4 Å². The van der Waals surface area contributed by atoms with E-state index in [1.807, 2.05) is 6.07 Å². The van der Waals surface area contributed by atoms with Crippen LogP contribution in [0.1, 0.15) is 36.9 Å². The fourth-order valence-electron chi connectivity index (χ4n) is 5.21. The van der Waals surface area contributed by atoms with Crippen molar-refractivity contribution in [1.82, 2.24) is 18.9 Å². The van der Waals surface area contributed by atoms with E-state index in [0.29, 0.717) is 5.92 Å². The number of imidazole rings is 1. The number of fused-ring (bicyclic) bond motifs is 2. The Morgan fingerprint density at radius 1 is 1.18 bits per heavy atom. The predicted molar refractivity (Wildman–Crippen MR) is 131 cm³/mol. The lowest BCUT2D eigenvalue weighted by molar-refractivity contribution is 0.296. The second-order valence-electron chi connectivity index (χ2n) is 9.77. The third-order valence-electron chi connectivity index (χ3n) is 7.28. The minimum atomic E-state index is -0.198. The summed E-state index contributed by atoms with van der Waals surface area (Å²) in [4.78, 5) is 7.35. The van der Waals surface area contributed by atoms with Gasteiger partial charge in [-0.1, -0.05) is 6.58 Å². The third kappa shape index (κ3) is 3.62. The van der Waals surface area contributed by atoms with E-state index in [2.05, 4.69) is 51.8 Å². The van der Waals surface area contributed by atoms with Gasteiger partial charge in [0.2, 0.25) is 0 Å². The molecule has 4 aromatic rings. The molecule has 0 amide bonds. The first-order chi connectivity index (χ1) is 16.0. The standard InChI is InChI=1S/C27H30FN5/c1-17(31-10-3-4-23(29)16-31)20-9-11-32-18(2)27(30-26(32)13-20)25-12-21-7-8-22(28)14-24(21)33(25)15-19-5-6-19/h7-9,11-14,19,23H,1,3-6,10,15-16,29H2,2H3. The summed E-state index contributed by atoms with van der Waals surface area (Å²) in [5.74, 6) is 0.474. The van der Waals surface area contributed by atoms with Crippen molar-refractivity contribution in [2.45, 2.75) is 45.2 Å². The molecule has 2 N–H and O–H groups in total. The van der Waals surface area contributed by atoms with Crippen LogP contribution < -0.4 is 5.73 Å². The Morgan fingerprint density at radius 3 is 2.82 bits per heavy atom. The number of likely N-dealkylation sites (tertiary alicyclic amines) is 1. The van der Waals surface area contributed by atoms with Crippen LogP contribution in [0.25, 0.3) is 33.6 Å². The molecule has 0 spiro atoms. The maximum atomic E-state index is 14.1. The van der Waals surface area contributed by atoms with E-state index in [4.69, 9.17) is 10.7 Å². The smallest absolute Gasteiger partial charge is 0.138 e. The Hall–Kier alpha value is -3.12. The van der Waals surface area contributed by atoms with Gasteiger partial charge in [-0.25, -0.2) is 9.37 Å². The number of benzene rings is 1. The minimum absolute atomic E-state index is 0.198. The topological polar surface area (TPSA) is 51.5 Å². The molecule has 5 nitrogen and oxygen atoms in total. The zero-order chi connectivity index (χ0) is 22.7. The van der Waals surface area contributed by atoms with Gasteiger partial charge in [0.05, 0.1) is 11.2 Å². The normalized spacial score (nSPS) is 19.0. The van der Waals surface area contributed by atoms with Crippen molar-refractivity contribution in [2.24, 2.45) is 11.7 Å². The zero-order valence-electron chi connectivity index (χ0n) is 19.1. The molecule has 33 heavy (non-hydrogen) atoms. The molecule has 1 aliphatic carbocycles. The molecule has 0 radical (unpaired) electrons. The fraction of sp³-hybridized carbons (Fsp3) is 0.370. The summed E-state index contributed by atoms with van der Waals surface area (Å²) >= 11 is 0. The zero-order valence-corrected chi connectivity index (χ0v) is 19.1. The van der Waals surface area contributed by atoms with E-state index >= 15 is 0 Å². The van der Waals surface area contributed by atoms with E-state index < -0.39 is 0 Å². The van der Waals surface area contributed by atoms with Crippen molar-refractivity contribution in [3.8, 4) is 11.4 Å². The summed E-state index contributed by atoms with van der Waals surface area (Å²) < 4.78 is 18.5. The summed E-state index contributed by atoms with van der Waals surface area (Å²) in [5, 5.41) is 1.05. The summed E-state index contributed by atoms with van der Waals surface area (Å²) in [6.45, 7) is 9.22. The van der Waals surface area contributed by atoms with E-state index in [-0.39, 0.29) is 11.9 Å². The summed E-state index contributed by atoms with van der Waals surface area (Å²) in [6.07, 6.45) is 6.74. The Bertz CT molecular complexity index is 1380. The highest BCUT2D eigenvalue weighted by Crippen LogP contribution is 2.37. The molecule has 1 aliphatic heterocycles. The quantitative estimate of drug-likeness (QED) is 0.461. The summed E-state index contributed by atoms with van der Waals surface area (Å²) in [6, 6.07) is 11.6. The maximum absolute atomic E-state index is 14.1. The lowest BCUT2D eigenvalue weighted by Gasteiger charge is -2.34. The maximum Gasteiger partial charge on any atom is 0.138 e. The highest BCUT2D eigenvalue weighted by atomic mass is 19.1. The first-order valence-corrected chi connectivity index (χ1v) is 12.0. The van der Waals surface area contributed by atoms with Crippen LogP contribution in [0.3, 0.4) is 0 Å². The van der Waals surface area contributed by atoms with Crippen molar-refractivity contribution < 1.29 is 4.39 Å². The van der Waals surface area contributed by atoms with Gasteiger partial charge in [0.15, 0.2) is 0 Å². The van der Waals surface area contributed by atoms with Gasteiger partial charge in [-0.05, 0) is 74.9 Å². The van der Waals surface area contributed by atoms with Gasteiger partial charge < -0.3 is 19.6 Å². The molecule has 1 unspecified atom stereocenters. The van der Waals surface area contributed by atoms with Gasteiger partial charge in [0.25, 0.3) is 0 Å². The van der Waals surface area contributed by atoms with Crippen molar-refractivity contribution in [3.05, 3.63) is 66.2 Å². The Balaban J connectivity index is 1.43. The van der Waals surface area contributed by atoms with Gasteiger partial charge in [0, 0.05) is 54.2 Å². The monoisotopic (exact) mass is 443 g/mol. The number of nitrogens with two attached hydrogens (primary N) is 1. The molecule has 1 saturated heterocycles. The number of rotatable bonds is 5. The largest absolute Gasteiger partial charge is 0.370 e. The average Bonchev–Trinajstić information content (AvgIpc) is 3.49. The van der Waals surface area contributed by atoms with Crippen LogP contribution in [-0.2, 0) is 6.54 Å². The van der Waals surface area contributed by atoms with Crippen LogP contribution >= 0.6 is 0 Å². The molecule has 1 saturated carbocycles. The molecule has 0 bridgehead atoms. The number of halogens is 1. The predicted octanol–water partition coefficient (Wildman–Crippen LogP) is 5.21. The van der Waals surface area contributed by atoms with Crippen LogP contribution in [0.4, 0.5) is 4.39 Å². The molecule has 1 atom stereocenters. The van der Waals surface area contributed by atoms with Crippen LogP contribution in [-0.4, -0.2) is 38.0 Å². The molecule has 6 rings (SSSR count). The molecule has 4 heterocycles. The lowest BCUT2D eigenvalue weighted by Crippen LogP contribution is -2.41. The molecule has 170 valence electrons. The first-order valence-electron chi connectivity index (χ1n) is 12.0. The Morgan fingerprint density at radius 2 is 2.03 bits per heavy atom. The number of hydrogen-bond acceptors (Lipinski definition) is 3. The third-order valence-corrected chi connectivity index (χ3v) is 7.28. The fourth-order valence-corrected chi connectivity index (χ4v) is 5.21. The van der Waals surface area contributed by atoms with Crippen LogP contribution in [0, 0.1) is 18.7 Å². The summed E-state index contributed by atoms with van der Waals surface area (Å²) in [5.41, 5.74) is 13.2. The second kappa shape index (κ2) is 7.73. The summed E-state index contributed by atoms with van der Waals surface area (Å²) in [7, 11) is 0. The van der Waals surface area contributed by atoms with Crippen molar-refractivity contribution in [3.63, 3.8) is 0 Å². The SMILES string of the molecule is C=C(c1ccn2c(C)c(-c3cc4ccc(F)cc4n3CC3CC3)nc2c1)N1CCCC(N)C1. The molecule has 3 aromatic heterocycles. The number of nitrogens with zero attached hydrogens (tertiary/aromatic N) is 4. The Labute approximate surface area is 193 Å². The molecule has 6 heteroatoms. The molecular formula is C27H30FN5. The van der Waals surface area contributed by atoms with Gasteiger partial charge >= 0.3 is 0 Å². The van der Waals surface area contributed by atoms with Crippen LogP contribution in [0.15, 0.2) is 49.2 Å². The van der Waals surface area contributed by atoms with Gasteiger partial charge in [-0.2, -0.15) is 0 Å². The number of hydrogen-bond donors (Lipinski definition) is 1. The number of aryl methyl sites for hydroxylation is 1. The van der Waals surface area contributed by atoms with E-state index in [1.165, 1.54) is 18.9 Å². The van der Waals surface area contributed by atoms with E-state index in [9.17, 15) is 4.39 Å².